The van der Waals surface area contributed by atoms with Crippen LogP contribution in [-0.2, 0) is 0 Å². The summed E-state index contributed by atoms with van der Waals surface area (Å²) in [6, 6.07) is 2.34. The minimum atomic E-state index is 0.00553. The first-order valence-electron chi connectivity index (χ1n) is 6.92. The molecule has 1 aliphatic carbocycles. The van der Waals surface area contributed by atoms with Crippen molar-refractivity contribution in [1.29, 1.82) is 0 Å². The van der Waals surface area contributed by atoms with Crippen LogP contribution in [-0.4, -0.2) is 55.1 Å². The fourth-order valence-electron chi connectivity index (χ4n) is 2.29. The standard InChI is InChI=1S/C14H20N4O/c1-17-4-6-18(7-5-17)13-8-11(9-15-10-13)14(19)16-12-2-3-12/h8-10,12H,2-7H2,1H3,(H,16,19). The lowest BCUT2D eigenvalue weighted by Crippen LogP contribution is -2.44. The molecule has 1 aliphatic heterocycles. The van der Waals surface area contributed by atoms with Gasteiger partial charge in [0.25, 0.3) is 5.91 Å². The molecule has 0 radical (unpaired) electrons. The lowest BCUT2D eigenvalue weighted by Gasteiger charge is -2.33. The van der Waals surface area contributed by atoms with E-state index in [4.69, 9.17) is 0 Å². The zero-order valence-corrected chi connectivity index (χ0v) is 11.3. The van der Waals surface area contributed by atoms with E-state index in [2.05, 4.69) is 27.1 Å². The van der Waals surface area contributed by atoms with E-state index in [1.807, 2.05) is 12.3 Å². The molecular formula is C14H20N4O. The molecule has 2 fully saturated rings. The number of pyridine rings is 1. The number of hydrogen-bond donors (Lipinski definition) is 1. The number of nitrogens with zero attached hydrogens (tertiary/aromatic N) is 3. The predicted molar refractivity (Wildman–Crippen MR) is 74.4 cm³/mol. The van der Waals surface area contributed by atoms with Crippen LogP contribution in [0, 0.1) is 0 Å². The lowest BCUT2D eigenvalue weighted by atomic mass is 10.2. The number of anilines is 1. The molecular weight excluding hydrogens is 240 g/mol. The second-order valence-corrected chi connectivity index (χ2v) is 5.47. The van der Waals surface area contributed by atoms with Crippen molar-refractivity contribution in [2.45, 2.75) is 18.9 Å². The van der Waals surface area contributed by atoms with Gasteiger partial charge in [0.1, 0.15) is 0 Å². The number of carbonyl (C=O) groups excluding carboxylic acids is 1. The van der Waals surface area contributed by atoms with E-state index < -0.39 is 0 Å². The van der Waals surface area contributed by atoms with Crippen LogP contribution in [0.5, 0.6) is 0 Å². The van der Waals surface area contributed by atoms with Crippen molar-refractivity contribution in [2.75, 3.05) is 38.1 Å². The molecule has 5 nitrogen and oxygen atoms in total. The lowest BCUT2D eigenvalue weighted by molar-refractivity contribution is 0.0950. The van der Waals surface area contributed by atoms with Gasteiger partial charge in [-0.05, 0) is 26.0 Å². The Hall–Kier alpha value is -1.62. The molecule has 1 aromatic rings. The van der Waals surface area contributed by atoms with Crippen LogP contribution >= 0.6 is 0 Å². The first kappa shape index (κ1) is 12.4. The van der Waals surface area contributed by atoms with E-state index in [1.165, 1.54) is 0 Å². The number of amides is 1. The molecule has 1 saturated carbocycles. The van der Waals surface area contributed by atoms with E-state index in [9.17, 15) is 4.79 Å². The van der Waals surface area contributed by atoms with Gasteiger partial charge in [-0.3, -0.25) is 9.78 Å². The predicted octanol–water partition coefficient (Wildman–Crippen LogP) is 0.726. The minimum Gasteiger partial charge on any atom is -0.368 e. The molecule has 0 spiro atoms. The van der Waals surface area contributed by atoms with Gasteiger partial charge in [-0.2, -0.15) is 0 Å². The minimum absolute atomic E-state index is 0.00553. The summed E-state index contributed by atoms with van der Waals surface area (Å²) in [7, 11) is 2.13. The highest BCUT2D eigenvalue weighted by Gasteiger charge is 2.24. The first-order valence-corrected chi connectivity index (χ1v) is 6.92. The van der Waals surface area contributed by atoms with Gasteiger partial charge in [0.15, 0.2) is 0 Å². The number of piperazine rings is 1. The molecule has 1 aromatic heterocycles. The van der Waals surface area contributed by atoms with E-state index in [-0.39, 0.29) is 5.91 Å². The van der Waals surface area contributed by atoms with Crippen molar-refractivity contribution in [2.24, 2.45) is 0 Å². The molecule has 2 aliphatic rings. The normalized spacial score (nSPS) is 20.4. The molecule has 1 N–H and O–H groups in total. The van der Waals surface area contributed by atoms with Gasteiger partial charge in [-0.1, -0.05) is 0 Å². The summed E-state index contributed by atoms with van der Waals surface area (Å²) in [5.74, 6) is 0.00553. The number of hydrogen-bond acceptors (Lipinski definition) is 4. The third-order valence-corrected chi connectivity index (χ3v) is 3.77. The van der Waals surface area contributed by atoms with E-state index >= 15 is 0 Å². The maximum absolute atomic E-state index is 12.0. The summed E-state index contributed by atoms with van der Waals surface area (Å²) in [5.41, 5.74) is 1.72. The second kappa shape index (κ2) is 5.17. The molecule has 1 amide bonds. The maximum atomic E-state index is 12.0. The van der Waals surface area contributed by atoms with Crippen molar-refractivity contribution >= 4 is 11.6 Å². The van der Waals surface area contributed by atoms with Gasteiger partial charge >= 0.3 is 0 Å². The third-order valence-electron chi connectivity index (χ3n) is 3.77. The van der Waals surface area contributed by atoms with Crippen molar-refractivity contribution in [3.05, 3.63) is 24.0 Å². The molecule has 102 valence electrons. The summed E-state index contributed by atoms with van der Waals surface area (Å²) in [6.45, 7) is 4.09. The summed E-state index contributed by atoms with van der Waals surface area (Å²) in [4.78, 5) is 20.8. The molecule has 3 rings (SSSR count). The van der Waals surface area contributed by atoms with E-state index in [0.717, 1.165) is 44.7 Å². The largest absolute Gasteiger partial charge is 0.368 e. The van der Waals surface area contributed by atoms with Gasteiger partial charge in [0.05, 0.1) is 17.4 Å². The molecule has 0 bridgehead atoms. The number of rotatable bonds is 3. The molecule has 0 unspecified atom stereocenters. The Kier molecular flexibility index (Phi) is 3.38. The zero-order chi connectivity index (χ0) is 13.2. The first-order chi connectivity index (χ1) is 9.22. The number of nitrogens with one attached hydrogen (secondary N) is 1. The molecule has 0 atom stereocenters. The van der Waals surface area contributed by atoms with Crippen molar-refractivity contribution in [3.8, 4) is 0 Å². The van der Waals surface area contributed by atoms with Gasteiger partial charge < -0.3 is 15.1 Å². The van der Waals surface area contributed by atoms with Crippen LogP contribution in [0.2, 0.25) is 0 Å². The van der Waals surface area contributed by atoms with Gasteiger partial charge in [0, 0.05) is 38.4 Å². The Morgan fingerprint density at radius 2 is 2.00 bits per heavy atom. The topological polar surface area (TPSA) is 48.5 Å². The molecule has 0 aromatic carbocycles. The van der Waals surface area contributed by atoms with Crippen LogP contribution < -0.4 is 10.2 Å². The fraction of sp³-hybridized carbons (Fsp3) is 0.571. The summed E-state index contributed by atoms with van der Waals surface area (Å²) >= 11 is 0. The van der Waals surface area contributed by atoms with Crippen molar-refractivity contribution < 1.29 is 4.79 Å². The number of aromatic nitrogens is 1. The highest BCUT2D eigenvalue weighted by molar-refractivity contribution is 5.95. The molecule has 2 heterocycles. The maximum Gasteiger partial charge on any atom is 0.253 e. The van der Waals surface area contributed by atoms with Crippen molar-refractivity contribution in [3.63, 3.8) is 0 Å². The SMILES string of the molecule is CN1CCN(c2cncc(C(=O)NC3CC3)c2)CC1. The smallest absolute Gasteiger partial charge is 0.253 e. The van der Waals surface area contributed by atoms with Crippen LogP contribution in [0.4, 0.5) is 5.69 Å². The van der Waals surface area contributed by atoms with Crippen LogP contribution in [0.25, 0.3) is 0 Å². The second-order valence-electron chi connectivity index (χ2n) is 5.47. The monoisotopic (exact) mass is 260 g/mol. The average molecular weight is 260 g/mol. The number of carbonyl (C=O) groups is 1. The quantitative estimate of drug-likeness (QED) is 0.870. The van der Waals surface area contributed by atoms with Gasteiger partial charge in [0.2, 0.25) is 0 Å². The zero-order valence-electron chi connectivity index (χ0n) is 11.3. The average Bonchev–Trinajstić information content (AvgIpc) is 3.24. The summed E-state index contributed by atoms with van der Waals surface area (Å²) < 4.78 is 0. The number of likely N-dealkylation sites (N-methyl/N-ethyl adjacent to an activating group) is 1. The summed E-state index contributed by atoms with van der Waals surface area (Å²) in [6.07, 6.45) is 5.71. The van der Waals surface area contributed by atoms with Crippen LogP contribution in [0.1, 0.15) is 23.2 Å². The Bertz CT molecular complexity index is 464. The van der Waals surface area contributed by atoms with Gasteiger partial charge in [-0.15, -0.1) is 0 Å². The Balaban J connectivity index is 1.70. The Morgan fingerprint density at radius 3 is 2.68 bits per heavy atom. The van der Waals surface area contributed by atoms with Gasteiger partial charge in [-0.25, -0.2) is 0 Å². The Labute approximate surface area is 113 Å². The Morgan fingerprint density at radius 1 is 1.26 bits per heavy atom. The third kappa shape index (κ3) is 3.04. The molecule has 19 heavy (non-hydrogen) atoms. The molecule has 1 saturated heterocycles. The van der Waals surface area contributed by atoms with E-state index in [1.54, 1.807) is 6.20 Å². The van der Waals surface area contributed by atoms with Crippen LogP contribution in [0.15, 0.2) is 18.5 Å². The fourth-order valence-corrected chi connectivity index (χ4v) is 2.29. The van der Waals surface area contributed by atoms with Crippen LogP contribution in [0.3, 0.4) is 0 Å². The van der Waals surface area contributed by atoms with Crippen molar-refractivity contribution in [1.82, 2.24) is 15.2 Å². The van der Waals surface area contributed by atoms with E-state index in [0.29, 0.717) is 11.6 Å². The summed E-state index contributed by atoms with van der Waals surface area (Å²) in [5, 5.41) is 3.00. The molecule has 5 heteroatoms. The highest BCUT2D eigenvalue weighted by Crippen LogP contribution is 2.20. The highest BCUT2D eigenvalue weighted by atomic mass is 16.1.